The molecule has 0 radical (unpaired) electrons. The third-order valence-electron chi connectivity index (χ3n) is 6.10. The van der Waals surface area contributed by atoms with E-state index in [1.807, 2.05) is 36.4 Å². The predicted molar refractivity (Wildman–Crippen MR) is 130 cm³/mol. The van der Waals surface area contributed by atoms with Gasteiger partial charge in [-0.1, -0.05) is 78.3 Å². The highest BCUT2D eigenvalue weighted by molar-refractivity contribution is 6.30. The molecule has 1 atom stereocenters. The Kier molecular flexibility index (Phi) is 6.52. The van der Waals surface area contributed by atoms with Crippen LogP contribution in [0.15, 0.2) is 85.5 Å². The quantitative estimate of drug-likeness (QED) is 0.452. The maximum atomic E-state index is 13.5. The predicted octanol–water partition coefficient (Wildman–Crippen LogP) is 5.82. The number of carboxylic acid groups (broad SMARTS) is 1. The van der Waals surface area contributed by atoms with Crippen molar-refractivity contribution in [3.05, 3.63) is 107 Å². The maximum absolute atomic E-state index is 13.5. The Balaban J connectivity index is 1.78. The molecule has 1 aliphatic carbocycles. The molecule has 6 heteroatoms. The van der Waals surface area contributed by atoms with Crippen LogP contribution in [-0.2, 0) is 4.79 Å². The average Bonchev–Trinajstić information content (AvgIpc) is 3.13. The van der Waals surface area contributed by atoms with Gasteiger partial charge in [0.2, 0.25) is 5.91 Å². The summed E-state index contributed by atoms with van der Waals surface area (Å²) in [6, 6.07) is 21.8. The summed E-state index contributed by atoms with van der Waals surface area (Å²) in [7, 11) is 1.65. The molecule has 3 aromatic carbocycles. The van der Waals surface area contributed by atoms with E-state index >= 15 is 0 Å². The monoisotopic (exact) mass is 460 g/mol. The Labute approximate surface area is 198 Å². The fraction of sp³-hybridized carbons (Fsp3) is 0.185. The van der Waals surface area contributed by atoms with Gasteiger partial charge in [-0.05, 0) is 39.9 Å². The first-order valence-electron chi connectivity index (χ1n) is 10.7. The number of hydrogen-bond donors (Lipinski definition) is 1. The highest BCUT2D eigenvalue weighted by Gasteiger charge is 2.37. The third-order valence-corrected chi connectivity index (χ3v) is 6.35. The summed E-state index contributed by atoms with van der Waals surface area (Å²) in [6.07, 6.45) is 0.461. The van der Waals surface area contributed by atoms with E-state index in [0.717, 1.165) is 22.3 Å². The molecule has 0 bridgehead atoms. The number of rotatable bonds is 7. The molecule has 2 amide bonds. The summed E-state index contributed by atoms with van der Waals surface area (Å²) in [5.74, 6) is -0.500. The Morgan fingerprint density at radius 2 is 1.55 bits per heavy atom. The lowest BCUT2D eigenvalue weighted by atomic mass is 9.94. The van der Waals surface area contributed by atoms with Crippen molar-refractivity contribution < 1.29 is 14.7 Å². The van der Waals surface area contributed by atoms with Gasteiger partial charge in [-0.3, -0.25) is 9.69 Å². The molecular formula is C27H25ClN2O3. The van der Waals surface area contributed by atoms with Crippen LogP contribution in [0.3, 0.4) is 0 Å². The largest absolute Gasteiger partial charge is 0.465 e. The molecule has 1 unspecified atom stereocenters. The van der Waals surface area contributed by atoms with Crippen molar-refractivity contribution in [2.45, 2.75) is 12.0 Å². The Morgan fingerprint density at radius 3 is 2.06 bits per heavy atom. The van der Waals surface area contributed by atoms with Crippen LogP contribution < -0.4 is 0 Å². The van der Waals surface area contributed by atoms with Gasteiger partial charge < -0.3 is 10.0 Å². The molecule has 0 saturated heterocycles. The average molecular weight is 461 g/mol. The number of amides is 2. The second-order valence-corrected chi connectivity index (χ2v) is 8.56. The number of halogens is 1. The third kappa shape index (κ3) is 4.37. The lowest BCUT2D eigenvalue weighted by Gasteiger charge is -2.33. The van der Waals surface area contributed by atoms with E-state index in [1.165, 1.54) is 9.80 Å². The summed E-state index contributed by atoms with van der Waals surface area (Å²) in [4.78, 5) is 28.8. The van der Waals surface area contributed by atoms with Gasteiger partial charge in [0.05, 0.1) is 0 Å². The Bertz CT molecular complexity index is 1150. The topological polar surface area (TPSA) is 60.9 Å². The van der Waals surface area contributed by atoms with E-state index < -0.39 is 12.1 Å². The second-order valence-electron chi connectivity index (χ2n) is 8.12. The highest BCUT2D eigenvalue weighted by Crippen LogP contribution is 2.45. The van der Waals surface area contributed by atoms with Gasteiger partial charge in [-0.25, -0.2) is 4.79 Å². The van der Waals surface area contributed by atoms with E-state index in [4.69, 9.17) is 11.6 Å². The minimum Gasteiger partial charge on any atom is -0.465 e. The van der Waals surface area contributed by atoms with Crippen molar-refractivity contribution >= 4 is 23.6 Å². The Hall–Kier alpha value is -3.57. The van der Waals surface area contributed by atoms with Crippen LogP contribution >= 0.6 is 11.6 Å². The van der Waals surface area contributed by atoms with Crippen molar-refractivity contribution in [2.75, 3.05) is 20.1 Å². The normalized spacial score (nSPS) is 13.0. The first-order valence-corrected chi connectivity index (χ1v) is 11.1. The molecule has 3 aromatic rings. The van der Waals surface area contributed by atoms with E-state index in [2.05, 4.69) is 18.7 Å². The van der Waals surface area contributed by atoms with Crippen molar-refractivity contribution in [1.82, 2.24) is 9.80 Å². The van der Waals surface area contributed by atoms with Gasteiger partial charge in [-0.2, -0.15) is 0 Å². The summed E-state index contributed by atoms with van der Waals surface area (Å²) in [5.41, 5.74) is 4.89. The van der Waals surface area contributed by atoms with Crippen molar-refractivity contribution in [2.24, 2.45) is 0 Å². The van der Waals surface area contributed by atoms with Gasteiger partial charge in [0.1, 0.15) is 6.04 Å². The summed E-state index contributed by atoms with van der Waals surface area (Å²) >= 11 is 6.06. The van der Waals surface area contributed by atoms with E-state index in [9.17, 15) is 14.7 Å². The molecular weight excluding hydrogens is 436 g/mol. The zero-order valence-corrected chi connectivity index (χ0v) is 19.1. The minimum absolute atomic E-state index is 0.143. The van der Waals surface area contributed by atoms with Crippen molar-refractivity contribution in [3.8, 4) is 11.1 Å². The van der Waals surface area contributed by atoms with Gasteiger partial charge in [0, 0.05) is 31.1 Å². The first kappa shape index (κ1) is 22.6. The lowest BCUT2D eigenvalue weighted by molar-refractivity contribution is -0.134. The summed E-state index contributed by atoms with van der Waals surface area (Å²) in [5, 5.41) is 10.8. The van der Waals surface area contributed by atoms with Crippen LogP contribution in [0.25, 0.3) is 11.1 Å². The lowest BCUT2D eigenvalue weighted by Crippen LogP contribution is -2.45. The van der Waals surface area contributed by atoms with Gasteiger partial charge in [-0.15, -0.1) is 6.58 Å². The molecule has 168 valence electrons. The molecule has 33 heavy (non-hydrogen) atoms. The molecule has 1 N–H and O–H groups in total. The number of carbonyl (C=O) groups excluding carboxylic acids is 1. The molecule has 0 spiro atoms. The molecule has 0 heterocycles. The van der Waals surface area contributed by atoms with E-state index in [1.54, 1.807) is 37.4 Å². The van der Waals surface area contributed by atoms with Crippen molar-refractivity contribution in [1.29, 1.82) is 0 Å². The molecule has 5 nitrogen and oxygen atoms in total. The number of carbonyl (C=O) groups is 2. The fourth-order valence-corrected chi connectivity index (χ4v) is 4.67. The van der Waals surface area contributed by atoms with E-state index in [0.29, 0.717) is 17.1 Å². The summed E-state index contributed by atoms with van der Waals surface area (Å²) in [6.45, 7) is 4.15. The van der Waals surface area contributed by atoms with Gasteiger partial charge in [0.15, 0.2) is 0 Å². The number of benzene rings is 3. The van der Waals surface area contributed by atoms with Crippen LogP contribution in [0, 0.1) is 0 Å². The molecule has 0 aliphatic heterocycles. The van der Waals surface area contributed by atoms with Gasteiger partial charge >= 0.3 is 6.09 Å². The SMILES string of the molecule is C=CCN(C)C(=O)C(c1ccc(Cl)cc1)N(CC1c2ccccc2-c2ccccc21)C(=O)O. The molecule has 1 aliphatic rings. The summed E-state index contributed by atoms with van der Waals surface area (Å²) < 4.78 is 0. The minimum atomic E-state index is -1.16. The zero-order valence-electron chi connectivity index (χ0n) is 18.3. The second kappa shape index (κ2) is 9.51. The number of likely N-dealkylation sites (N-methyl/N-ethyl adjacent to an activating group) is 1. The molecule has 0 aromatic heterocycles. The first-order chi connectivity index (χ1) is 15.9. The smallest absolute Gasteiger partial charge is 0.408 e. The zero-order chi connectivity index (χ0) is 23.5. The van der Waals surface area contributed by atoms with Crippen LogP contribution in [0.2, 0.25) is 5.02 Å². The molecule has 4 rings (SSSR count). The number of hydrogen-bond acceptors (Lipinski definition) is 2. The van der Waals surface area contributed by atoms with E-state index in [-0.39, 0.29) is 18.4 Å². The van der Waals surface area contributed by atoms with Crippen LogP contribution in [-0.4, -0.2) is 47.0 Å². The van der Waals surface area contributed by atoms with Crippen LogP contribution in [0.4, 0.5) is 4.79 Å². The highest BCUT2D eigenvalue weighted by atomic mass is 35.5. The van der Waals surface area contributed by atoms with Crippen molar-refractivity contribution in [3.63, 3.8) is 0 Å². The van der Waals surface area contributed by atoms with Crippen LogP contribution in [0.5, 0.6) is 0 Å². The van der Waals surface area contributed by atoms with Crippen LogP contribution in [0.1, 0.15) is 28.7 Å². The fourth-order valence-electron chi connectivity index (χ4n) is 4.54. The molecule has 0 saturated carbocycles. The molecule has 0 fully saturated rings. The Morgan fingerprint density at radius 1 is 1.00 bits per heavy atom. The number of nitrogens with zero attached hydrogens (tertiary/aromatic N) is 2. The maximum Gasteiger partial charge on any atom is 0.408 e. The number of fused-ring (bicyclic) bond motifs is 3. The van der Waals surface area contributed by atoms with Gasteiger partial charge in [0.25, 0.3) is 0 Å². The standard InChI is InChI=1S/C27H25ClN2O3/c1-3-16-29(2)26(31)25(18-12-14-19(28)15-13-18)30(27(32)33)17-24-22-10-6-4-8-20(22)21-9-5-7-11-23(21)24/h3-15,24-25H,1,16-17H2,2H3,(H,32,33).